The Bertz CT molecular complexity index is 911. The number of aromatic nitrogens is 1. The summed E-state index contributed by atoms with van der Waals surface area (Å²) in [4.78, 5) is 16.2. The standard InChI is InChI=1S/C19H15F2N3O/c1-12-3-2-4-14(9-12)23-15-6-8-18(22-11-15)24-19(25)13-5-7-16(20)17(21)10-13/h2-11,23H,1H3,(H,22,24,25). The number of carbonyl (C=O) groups excluding carboxylic acids is 1. The maximum atomic E-state index is 13.2. The first kappa shape index (κ1) is 16.6. The predicted molar refractivity (Wildman–Crippen MR) is 93.0 cm³/mol. The molecule has 1 heterocycles. The molecule has 25 heavy (non-hydrogen) atoms. The van der Waals surface area contributed by atoms with Gasteiger partial charge >= 0.3 is 0 Å². The van der Waals surface area contributed by atoms with Crippen LogP contribution >= 0.6 is 0 Å². The summed E-state index contributed by atoms with van der Waals surface area (Å²) in [5, 5.41) is 5.74. The summed E-state index contributed by atoms with van der Waals surface area (Å²) in [5.74, 6) is -2.32. The van der Waals surface area contributed by atoms with Gasteiger partial charge in [0.2, 0.25) is 0 Å². The smallest absolute Gasteiger partial charge is 0.256 e. The fraction of sp³-hybridized carbons (Fsp3) is 0.0526. The van der Waals surface area contributed by atoms with Gasteiger partial charge in [0, 0.05) is 11.3 Å². The third-order valence-electron chi connectivity index (χ3n) is 3.49. The molecular weight excluding hydrogens is 324 g/mol. The van der Waals surface area contributed by atoms with Gasteiger partial charge < -0.3 is 10.6 Å². The number of aryl methyl sites for hydroxylation is 1. The Labute approximate surface area is 143 Å². The fourth-order valence-corrected chi connectivity index (χ4v) is 2.26. The van der Waals surface area contributed by atoms with Crippen LogP contribution in [0.3, 0.4) is 0 Å². The number of nitrogens with zero attached hydrogens (tertiary/aromatic N) is 1. The van der Waals surface area contributed by atoms with Gasteiger partial charge in [-0.15, -0.1) is 0 Å². The van der Waals surface area contributed by atoms with Gasteiger partial charge in [-0.3, -0.25) is 4.79 Å². The molecule has 3 rings (SSSR count). The lowest BCUT2D eigenvalue weighted by Gasteiger charge is -2.08. The van der Waals surface area contributed by atoms with Gasteiger partial charge in [0.05, 0.1) is 11.9 Å². The minimum absolute atomic E-state index is 0.0164. The second kappa shape index (κ2) is 7.09. The number of benzene rings is 2. The van der Waals surface area contributed by atoms with E-state index in [4.69, 9.17) is 0 Å². The number of anilines is 3. The van der Waals surface area contributed by atoms with Gasteiger partial charge in [0.15, 0.2) is 11.6 Å². The van der Waals surface area contributed by atoms with Gasteiger partial charge in [-0.05, 0) is 55.0 Å². The van der Waals surface area contributed by atoms with E-state index in [9.17, 15) is 13.6 Å². The highest BCUT2D eigenvalue weighted by molar-refractivity contribution is 6.03. The first-order valence-corrected chi connectivity index (χ1v) is 7.57. The van der Waals surface area contributed by atoms with E-state index >= 15 is 0 Å². The third-order valence-corrected chi connectivity index (χ3v) is 3.49. The summed E-state index contributed by atoms with van der Waals surface area (Å²) in [6.07, 6.45) is 1.57. The number of hydrogen-bond acceptors (Lipinski definition) is 3. The first-order valence-electron chi connectivity index (χ1n) is 7.57. The van der Waals surface area contributed by atoms with Crippen molar-refractivity contribution >= 4 is 23.1 Å². The second-order valence-electron chi connectivity index (χ2n) is 5.51. The molecule has 0 atom stereocenters. The van der Waals surface area contributed by atoms with E-state index in [0.717, 1.165) is 29.1 Å². The molecule has 4 nitrogen and oxygen atoms in total. The van der Waals surface area contributed by atoms with Crippen LogP contribution in [0.1, 0.15) is 15.9 Å². The van der Waals surface area contributed by atoms with Gasteiger partial charge in [0.25, 0.3) is 5.91 Å². The molecule has 3 aromatic rings. The van der Waals surface area contributed by atoms with Crippen LogP contribution in [0, 0.1) is 18.6 Å². The first-order chi connectivity index (χ1) is 12.0. The Morgan fingerprint density at radius 1 is 0.960 bits per heavy atom. The van der Waals surface area contributed by atoms with E-state index in [2.05, 4.69) is 15.6 Å². The molecule has 0 aliphatic carbocycles. The number of halogens is 2. The molecule has 6 heteroatoms. The van der Waals surface area contributed by atoms with Crippen molar-refractivity contribution in [2.45, 2.75) is 6.92 Å². The van der Waals surface area contributed by atoms with Crippen molar-refractivity contribution in [1.82, 2.24) is 4.98 Å². The van der Waals surface area contributed by atoms with Crippen LogP contribution in [-0.4, -0.2) is 10.9 Å². The van der Waals surface area contributed by atoms with E-state index in [-0.39, 0.29) is 5.56 Å². The molecule has 1 aromatic heterocycles. The summed E-state index contributed by atoms with van der Waals surface area (Å²) < 4.78 is 26.1. The minimum Gasteiger partial charge on any atom is -0.354 e. The lowest BCUT2D eigenvalue weighted by molar-refractivity contribution is 0.102. The normalized spacial score (nSPS) is 10.4. The summed E-state index contributed by atoms with van der Waals surface area (Å²) >= 11 is 0. The van der Waals surface area contributed by atoms with Gasteiger partial charge in [-0.25, -0.2) is 13.8 Å². The number of nitrogens with one attached hydrogen (secondary N) is 2. The Kier molecular flexibility index (Phi) is 4.70. The van der Waals surface area contributed by atoms with E-state index in [0.29, 0.717) is 5.82 Å². The van der Waals surface area contributed by atoms with E-state index < -0.39 is 17.5 Å². The molecule has 2 N–H and O–H groups in total. The van der Waals surface area contributed by atoms with Crippen molar-refractivity contribution in [2.75, 3.05) is 10.6 Å². The van der Waals surface area contributed by atoms with Crippen molar-refractivity contribution in [3.63, 3.8) is 0 Å². The molecule has 126 valence electrons. The van der Waals surface area contributed by atoms with Crippen molar-refractivity contribution in [2.24, 2.45) is 0 Å². The van der Waals surface area contributed by atoms with Crippen molar-refractivity contribution in [3.05, 3.63) is 83.6 Å². The third kappa shape index (κ3) is 4.17. The number of carbonyl (C=O) groups is 1. The largest absolute Gasteiger partial charge is 0.354 e. The highest BCUT2D eigenvalue weighted by atomic mass is 19.2. The highest BCUT2D eigenvalue weighted by Gasteiger charge is 2.10. The summed E-state index contributed by atoms with van der Waals surface area (Å²) in [5.41, 5.74) is 2.84. The lowest BCUT2D eigenvalue weighted by atomic mass is 10.2. The van der Waals surface area contributed by atoms with Crippen LogP contribution < -0.4 is 10.6 Å². The molecule has 0 bridgehead atoms. The Hall–Kier alpha value is -3.28. The van der Waals surface area contributed by atoms with Crippen LogP contribution in [-0.2, 0) is 0 Å². The predicted octanol–water partition coefficient (Wildman–Crippen LogP) is 4.66. The Balaban J connectivity index is 1.67. The fourth-order valence-electron chi connectivity index (χ4n) is 2.26. The molecule has 0 unspecified atom stereocenters. The maximum absolute atomic E-state index is 13.2. The second-order valence-corrected chi connectivity index (χ2v) is 5.51. The SMILES string of the molecule is Cc1cccc(Nc2ccc(NC(=O)c3ccc(F)c(F)c3)nc2)c1. The lowest BCUT2D eigenvalue weighted by Crippen LogP contribution is -2.13. The van der Waals surface area contributed by atoms with Crippen LogP contribution in [0.4, 0.5) is 26.0 Å². The topological polar surface area (TPSA) is 54.0 Å². The van der Waals surface area contributed by atoms with Crippen molar-refractivity contribution in [1.29, 1.82) is 0 Å². The van der Waals surface area contributed by atoms with Crippen LogP contribution in [0.2, 0.25) is 0 Å². The number of amides is 1. The molecule has 1 amide bonds. The zero-order valence-electron chi connectivity index (χ0n) is 13.4. The average Bonchev–Trinajstić information content (AvgIpc) is 2.59. The van der Waals surface area contributed by atoms with Crippen LogP contribution in [0.25, 0.3) is 0 Å². The summed E-state index contributed by atoms with van der Waals surface area (Å²) in [6.45, 7) is 2.00. The molecule has 0 saturated carbocycles. The molecule has 2 aromatic carbocycles. The van der Waals surface area contributed by atoms with E-state index in [1.807, 2.05) is 31.2 Å². The van der Waals surface area contributed by atoms with Crippen LogP contribution in [0.15, 0.2) is 60.8 Å². The number of pyridine rings is 1. The molecule has 0 radical (unpaired) electrons. The van der Waals surface area contributed by atoms with E-state index in [1.165, 1.54) is 6.07 Å². The molecular formula is C19H15F2N3O. The highest BCUT2D eigenvalue weighted by Crippen LogP contribution is 2.18. The number of hydrogen-bond donors (Lipinski definition) is 2. The maximum Gasteiger partial charge on any atom is 0.256 e. The minimum atomic E-state index is -1.07. The average molecular weight is 339 g/mol. The number of rotatable bonds is 4. The Morgan fingerprint density at radius 3 is 2.48 bits per heavy atom. The van der Waals surface area contributed by atoms with Gasteiger partial charge in [0.1, 0.15) is 5.82 Å². The van der Waals surface area contributed by atoms with E-state index in [1.54, 1.807) is 18.3 Å². The molecule has 0 fully saturated rings. The summed E-state index contributed by atoms with van der Waals surface area (Å²) in [6, 6.07) is 14.2. The molecule has 0 aliphatic heterocycles. The monoisotopic (exact) mass is 339 g/mol. The van der Waals surface area contributed by atoms with Crippen molar-refractivity contribution in [3.8, 4) is 0 Å². The summed E-state index contributed by atoms with van der Waals surface area (Å²) in [7, 11) is 0. The van der Waals surface area contributed by atoms with Crippen molar-refractivity contribution < 1.29 is 13.6 Å². The Morgan fingerprint density at radius 2 is 1.80 bits per heavy atom. The zero-order chi connectivity index (χ0) is 17.8. The van der Waals surface area contributed by atoms with Gasteiger partial charge in [-0.1, -0.05) is 12.1 Å². The van der Waals surface area contributed by atoms with Crippen LogP contribution in [0.5, 0.6) is 0 Å². The quantitative estimate of drug-likeness (QED) is 0.727. The molecule has 0 saturated heterocycles. The van der Waals surface area contributed by atoms with Gasteiger partial charge in [-0.2, -0.15) is 0 Å². The molecule has 0 aliphatic rings. The molecule has 0 spiro atoms. The zero-order valence-corrected chi connectivity index (χ0v) is 13.4.